The van der Waals surface area contributed by atoms with Crippen LogP contribution in [0.25, 0.3) is 0 Å². The van der Waals surface area contributed by atoms with Gasteiger partial charge in [0.15, 0.2) is 0 Å². The summed E-state index contributed by atoms with van der Waals surface area (Å²) in [7, 11) is 0. The average molecular weight is 337 g/mol. The maximum absolute atomic E-state index is 11.1. The highest BCUT2D eigenvalue weighted by molar-refractivity contribution is 5.70. The van der Waals surface area contributed by atoms with E-state index in [-0.39, 0.29) is 5.92 Å². The SMILES string of the molecule is Cc1nc(Nc2ccc(C#N)cc2)cc(N2CCC(C(=O)O)CC2)n1. The Hall–Kier alpha value is -3.14. The monoisotopic (exact) mass is 337 g/mol. The van der Waals surface area contributed by atoms with Gasteiger partial charge in [0, 0.05) is 24.8 Å². The Balaban J connectivity index is 1.74. The second kappa shape index (κ2) is 7.18. The molecule has 1 fully saturated rings. The van der Waals surface area contributed by atoms with Crippen molar-refractivity contribution in [3.63, 3.8) is 0 Å². The number of carboxylic acids is 1. The van der Waals surface area contributed by atoms with Gasteiger partial charge in [0.2, 0.25) is 0 Å². The number of nitrogens with one attached hydrogen (secondary N) is 1. The van der Waals surface area contributed by atoms with Crippen LogP contribution in [0, 0.1) is 24.2 Å². The molecule has 7 nitrogen and oxygen atoms in total. The van der Waals surface area contributed by atoms with Crippen molar-refractivity contribution in [1.82, 2.24) is 9.97 Å². The third kappa shape index (κ3) is 4.04. The van der Waals surface area contributed by atoms with Gasteiger partial charge in [-0.3, -0.25) is 4.79 Å². The summed E-state index contributed by atoms with van der Waals surface area (Å²) < 4.78 is 0. The van der Waals surface area contributed by atoms with Gasteiger partial charge >= 0.3 is 5.97 Å². The van der Waals surface area contributed by atoms with E-state index in [1.54, 1.807) is 12.1 Å². The molecule has 3 rings (SSSR count). The summed E-state index contributed by atoms with van der Waals surface area (Å²) in [5.41, 5.74) is 1.44. The second-order valence-electron chi connectivity index (χ2n) is 6.07. The zero-order valence-electron chi connectivity index (χ0n) is 13.9. The van der Waals surface area contributed by atoms with Crippen molar-refractivity contribution in [2.24, 2.45) is 5.92 Å². The van der Waals surface area contributed by atoms with Crippen LogP contribution in [-0.2, 0) is 4.79 Å². The van der Waals surface area contributed by atoms with Crippen LogP contribution >= 0.6 is 0 Å². The minimum Gasteiger partial charge on any atom is -0.481 e. The molecule has 1 aliphatic heterocycles. The van der Waals surface area contributed by atoms with Crippen molar-refractivity contribution in [2.75, 3.05) is 23.3 Å². The van der Waals surface area contributed by atoms with Crippen molar-refractivity contribution >= 4 is 23.3 Å². The van der Waals surface area contributed by atoms with E-state index in [0.29, 0.717) is 43.1 Å². The summed E-state index contributed by atoms with van der Waals surface area (Å²) in [4.78, 5) is 22.1. The van der Waals surface area contributed by atoms with Crippen LogP contribution in [0.2, 0.25) is 0 Å². The van der Waals surface area contributed by atoms with Crippen LogP contribution in [0.4, 0.5) is 17.3 Å². The van der Waals surface area contributed by atoms with E-state index in [9.17, 15) is 4.79 Å². The number of rotatable bonds is 4. The van der Waals surface area contributed by atoms with E-state index >= 15 is 0 Å². The first-order chi connectivity index (χ1) is 12.0. The third-order valence-corrected chi connectivity index (χ3v) is 4.28. The first-order valence-electron chi connectivity index (χ1n) is 8.16. The first-order valence-corrected chi connectivity index (χ1v) is 8.16. The summed E-state index contributed by atoms with van der Waals surface area (Å²) in [5.74, 6) is 1.13. The lowest BCUT2D eigenvalue weighted by molar-refractivity contribution is -0.142. The largest absolute Gasteiger partial charge is 0.481 e. The molecule has 0 bridgehead atoms. The Labute approximate surface area is 145 Å². The van der Waals surface area contributed by atoms with Gasteiger partial charge in [-0.05, 0) is 44.0 Å². The van der Waals surface area contributed by atoms with Crippen molar-refractivity contribution < 1.29 is 9.90 Å². The minimum absolute atomic E-state index is 0.268. The zero-order chi connectivity index (χ0) is 17.8. The molecule has 0 spiro atoms. The fourth-order valence-corrected chi connectivity index (χ4v) is 2.91. The average Bonchev–Trinajstić information content (AvgIpc) is 2.62. The van der Waals surface area contributed by atoms with E-state index < -0.39 is 5.97 Å². The van der Waals surface area contributed by atoms with Gasteiger partial charge in [0.05, 0.1) is 17.6 Å². The van der Waals surface area contributed by atoms with Gasteiger partial charge < -0.3 is 15.3 Å². The Kier molecular flexibility index (Phi) is 4.80. The van der Waals surface area contributed by atoms with Crippen LogP contribution in [0.15, 0.2) is 30.3 Å². The number of hydrogen-bond acceptors (Lipinski definition) is 6. The van der Waals surface area contributed by atoms with E-state index in [1.165, 1.54) is 0 Å². The highest BCUT2D eigenvalue weighted by Crippen LogP contribution is 2.25. The number of carboxylic acid groups (broad SMARTS) is 1. The Morgan fingerprint density at radius 2 is 1.96 bits per heavy atom. The summed E-state index contributed by atoms with van der Waals surface area (Å²) in [6.07, 6.45) is 1.24. The first kappa shape index (κ1) is 16.7. The van der Waals surface area contributed by atoms with Crippen molar-refractivity contribution in [2.45, 2.75) is 19.8 Å². The molecular formula is C18H19N5O2. The van der Waals surface area contributed by atoms with E-state index in [0.717, 1.165) is 11.5 Å². The summed E-state index contributed by atoms with van der Waals surface area (Å²) in [5, 5.41) is 21.2. The fourth-order valence-electron chi connectivity index (χ4n) is 2.91. The number of aliphatic carboxylic acids is 1. The standard InChI is InChI=1S/C18H19N5O2/c1-12-20-16(22-15-4-2-13(11-19)3-5-15)10-17(21-12)23-8-6-14(7-9-23)18(24)25/h2-5,10,14H,6-9H2,1H3,(H,24,25)(H,20,21,22). The van der Waals surface area contributed by atoms with Crippen molar-refractivity contribution in [3.05, 3.63) is 41.7 Å². The van der Waals surface area contributed by atoms with Gasteiger partial charge in [-0.25, -0.2) is 9.97 Å². The minimum atomic E-state index is -0.721. The third-order valence-electron chi connectivity index (χ3n) is 4.28. The molecule has 1 aromatic heterocycles. The second-order valence-corrected chi connectivity index (χ2v) is 6.07. The molecule has 0 unspecified atom stereocenters. The number of aromatic nitrogens is 2. The smallest absolute Gasteiger partial charge is 0.306 e. The topological polar surface area (TPSA) is 102 Å². The molecule has 2 N–H and O–H groups in total. The van der Waals surface area contributed by atoms with Gasteiger partial charge in [-0.2, -0.15) is 5.26 Å². The van der Waals surface area contributed by atoms with Crippen LogP contribution in [0.5, 0.6) is 0 Å². The van der Waals surface area contributed by atoms with Gasteiger partial charge in [-0.15, -0.1) is 0 Å². The van der Waals surface area contributed by atoms with Crippen LogP contribution in [-0.4, -0.2) is 34.1 Å². The van der Waals surface area contributed by atoms with Gasteiger partial charge in [-0.1, -0.05) is 0 Å². The van der Waals surface area contributed by atoms with Gasteiger partial charge in [0.1, 0.15) is 17.5 Å². The Morgan fingerprint density at radius 1 is 1.28 bits per heavy atom. The molecule has 25 heavy (non-hydrogen) atoms. The zero-order valence-corrected chi connectivity index (χ0v) is 13.9. The van der Waals surface area contributed by atoms with E-state index in [2.05, 4.69) is 26.3 Å². The number of nitriles is 1. The van der Waals surface area contributed by atoms with Gasteiger partial charge in [0.25, 0.3) is 0 Å². The molecule has 0 saturated carbocycles. The Morgan fingerprint density at radius 3 is 2.56 bits per heavy atom. The number of nitrogens with zero attached hydrogens (tertiary/aromatic N) is 4. The molecule has 1 aromatic carbocycles. The predicted octanol–water partition coefficient (Wildman–Crippen LogP) is 2.70. The molecule has 7 heteroatoms. The molecule has 2 heterocycles. The number of carbonyl (C=O) groups is 1. The molecule has 0 aliphatic carbocycles. The number of aryl methyl sites for hydroxylation is 1. The molecular weight excluding hydrogens is 318 g/mol. The molecule has 0 amide bonds. The maximum atomic E-state index is 11.1. The molecule has 2 aromatic rings. The lowest BCUT2D eigenvalue weighted by atomic mass is 9.97. The number of piperidine rings is 1. The molecule has 0 atom stereocenters. The quantitative estimate of drug-likeness (QED) is 0.884. The maximum Gasteiger partial charge on any atom is 0.306 e. The molecule has 128 valence electrons. The van der Waals surface area contributed by atoms with Crippen molar-refractivity contribution in [3.8, 4) is 6.07 Å². The lowest BCUT2D eigenvalue weighted by Gasteiger charge is -2.31. The highest BCUT2D eigenvalue weighted by Gasteiger charge is 2.25. The number of hydrogen-bond donors (Lipinski definition) is 2. The summed E-state index contributed by atoms with van der Waals surface area (Å²) >= 11 is 0. The van der Waals surface area contributed by atoms with Crippen LogP contribution in [0.3, 0.4) is 0 Å². The van der Waals surface area contributed by atoms with E-state index in [4.69, 9.17) is 10.4 Å². The highest BCUT2D eigenvalue weighted by atomic mass is 16.4. The summed E-state index contributed by atoms with van der Waals surface area (Å²) in [6.45, 7) is 3.17. The molecule has 1 aliphatic rings. The number of anilines is 3. The normalized spacial score (nSPS) is 14.8. The molecule has 0 radical (unpaired) electrons. The fraction of sp³-hybridized carbons (Fsp3) is 0.333. The lowest BCUT2D eigenvalue weighted by Crippen LogP contribution is -2.36. The predicted molar refractivity (Wildman–Crippen MR) is 93.8 cm³/mol. The van der Waals surface area contributed by atoms with Crippen LogP contribution < -0.4 is 10.2 Å². The summed E-state index contributed by atoms with van der Waals surface area (Å²) in [6, 6.07) is 11.1. The van der Waals surface area contributed by atoms with Crippen molar-refractivity contribution in [1.29, 1.82) is 5.26 Å². The Bertz CT molecular complexity index is 805. The van der Waals surface area contributed by atoms with E-state index in [1.807, 2.05) is 25.1 Å². The molecule has 1 saturated heterocycles. The number of benzene rings is 1. The van der Waals surface area contributed by atoms with Crippen LogP contribution in [0.1, 0.15) is 24.2 Å².